The number of rotatable bonds is 5. The molecule has 3 N–H and O–H groups in total. The van der Waals surface area contributed by atoms with Gasteiger partial charge in [-0.2, -0.15) is 5.10 Å². The van der Waals surface area contributed by atoms with E-state index in [1.54, 1.807) is 10.7 Å². The highest BCUT2D eigenvalue weighted by Crippen LogP contribution is 2.25. The van der Waals surface area contributed by atoms with Gasteiger partial charge in [0.25, 0.3) is 0 Å². The van der Waals surface area contributed by atoms with Crippen LogP contribution in [-0.4, -0.2) is 28.0 Å². The summed E-state index contributed by atoms with van der Waals surface area (Å²) in [6, 6.07) is 8.35. The molecule has 0 aliphatic carbocycles. The average molecular weight is 263 g/mol. The second-order valence-electron chi connectivity index (χ2n) is 4.50. The number of hydrogen-bond acceptors (Lipinski definition) is 3. The van der Waals surface area contributed by atoms with Crippen LogP contribution in [0.5, 0.6) is 0 Å². The number of nitrogens with two attached hydrogens (primary N) is 1. The Labute approximate surface area is 111 Å². The first-order valence-corrected chi connectivity index (χ1v) is 6.26. The number of aliphatic hydroxyl groups is 1. The molecule has 1 heterocycles. The molecule has 0 spiro atoms. The van der Waals surface area contributed by atoms with Crippen molar-refractivity contribution in [2.24, 2.45) is 5.73 Å². The summed E-state index contributed by atoms with van der Waals surface area (Å²) >= 11 is 0. The van der Waals surface area contributed by atoms with E-state index >= 15 is 0 Å². The number of aromatic nitrogens is 2. The second kappa shape index (κ2) is 5.95. The van der Waals surface area contributed by atoms with Gasteiger partial charge in [-0.1, -0.05) is 12.1 Å². The van der Waals surface area contributed by atoms with Gasteiger partial charge in [-0.3, -0.25) is 4.68 Å². The smallest absolute Gasteiger partial charge is 0.123 e. The number of benzene rings is 1. The molecule has 0 aliphatic rings. The van der Waals surface area contributed by atoms with Gasteiger partial charge in [0.2, 0.25) is 0 Å². The van der Waals surface area contributed by atoms with E-state index in [4.69, 9.17) is 10.8 Å². The van der Waals surface area contributed by atoms with Crippen molar-refractivity contribution in [2.75, 3.05) is 13.2 Å². The van der Waals surface area contributed by atoms with E-state index < -0.39 is 0 Å². The molecule has 0 bridgehead atoms. The minimum absolute atomic E-state index is 0.00849. The van der Waals surface area contributed by atoms with Gasteiger partial charge >= 0.3 is 0 Å². The third kappa shape index (κ3) is 3.00. The largest absolute Gasteiger partial charge is 0.394 e. The first kappa shape index (κ1) is 13.7. The van der Waals surface area contributed by atoms with Crippen molar-refractivity contribution in [1.29, 1.82) is 0 Å². The molecule has 102 valence electrons. The molecule has 0 radical (unpaired) electrons. The molecule has 1 aromatic carbocycles. The van der Waals surface area contributed by atoms with Gasteiger partial charge in [0, 0.05) is 18.2 Å². The van der Waals surface area contributed by atoms with Crippen LogP contribution in [0.15, 0.2) is 30.3 Å². The Morgan fingerprint density at radius 1 is 1.42 bits per heavy atom. The van der Waals surface area contributed by atoms with Crippen molar-refractivity contribution in [1.82, 2.24) is 9.78 Å². The van der Waals surface area contributed by atoms with Gasteiger partial charge in [-0.15, -0.1) is 0 Å². The van der Waals surface area contributed by atoms with E-state index in [2.05, 4.69) is 5.10 Å². The monoisotopic (exact) mass is 263 g/mol. The Morgan fingerprint density at radius 2 is 2.21 bits per heavy atom. The zero-order valence-corrected chi connectivity index (χ0v) is 10.9. The predicted octanol–water partition coefficient (Wildman–Crippen LogP) is 1.41. The van der Waals surface area contributed by atoms with Crippen LogP contribution < -0.4 is 5.73 Å². The molecule has 2 aromatic rings. The molecule has 2 rings (SSSR count). The first-order chi connectivity index (χ1) is 9.15. The lowest BCUT2D eigenvalue weighted by molar-refractivity contribution is 0.266. The van der Waals surface area contributed by atoms with Crippen molar-refractivity contribution in [3.63, 3.8) is 0 Å². The van der Waals surface area contributed by atoms with E-state index in [9.17, 15) is 4.39 Å². The van der Waals surface area contributed by atoms with E-state index in [0.717, 1.165) is 17.0 Å². The fraction of sp³-hybridized carbons (Fsp3) is 0.357. The number of nitrogens with zero attached hydrogens (tertiary/aromatic N) is 2. The van der Waals surface area contributed by atoms with Gasteiger partial charge in [-0.25, -0.2) is 4.39 Å². The molecule has 1 unspecified atom stereocenters. The molecule has 1 aromatic heterocycles. The standard InChI is InChI=1S/C14H18FN3O/c1-10-7-14(18(17-10)5-6-19)13(9-16)11-3-2-4-12(15)8-11/h2-4,7-8,13,19H,5-6,9,16H2,1H3. The van der Waals surface area contributed by atoms with Gasteiger partial charge in [0.05, 0.1) is 18.8 Å². The molecule has 19 heavy (non-hydrogen) atoms. The van der Waals surface area contributed by atoms with Crippen LogP contribution in [0.2, 0.25) is 0 Å². The van der Waals surface area contributed by atoms with E-state index in [-0.39, 0.29) is 18.3 Å². The molecule has 4 nitrogen and oxygen atoms in total. The van der Waals surface area contributed by atoms with Gasteiger partial charge in [0.15, 0.2) is 0 Å². The van der Waals surface area contributed by atoms with Crippen LogP contribution in [0.4, 0.5) is 4.39 Å². The topological polar surface area (TPSA) is 64.1 Å². The summed E-state index contributed by atoms with van der Waals surface area (Å²) in [5.74, 6) is -0.399. The molecule has 1 atom stereocenters. The molecular weight excluding hydrogens is 245 g/mol. The highest BCUT2D eigenvalue weighted by Gasteiger charge is 2.18. The Bertz CT molecular complexity index is 553. The van der Waals surface area contributed by atoms with E-state index in [1.165, 1.54) is 12.1 Å². The maximum atomic E-state index is 13.3. The number of aliphatic hydroxyl groups excluding tert-OH is 1. The summed E-state index contributed by atoms with van der Waals surface area (Å²) in [5.41, 5.74) is 8.42. The van der Waals surface area contributed by atoms with Gasteiger partial charge in [0.1, 0.15) is 5.82 Å². The van der Waals surface area contributed by atoms with E-state index in [0.29, 0.717) is 13.1 Å². The summed E-state index contributed by atoms with van der Waals surface area (Å²) in [7, 11) is 0. The summed E-state index contributed by atoms with van der Waals surface area (Å²) in [6.07, 6.45) is 0. The van der Waals surface area contributed by atoms with Crippen LogP contribution in [-0.2, 0) is 6.54 Å². The zero-order valence-electron chi connectivity index (χ0n) is 10.9. The maximum Gasteiger partial charge on any atom is 0.123 e. The predicted molar refractivity (Wildman–Crippen MR) is 71.3 cm³/mol. The van der Waals surface area contributed by atoms with Gasteiger partial charge < -0.3 is 10.8 Å². The SMILES string of the molecule is Cc1cc(C(CN)c2cccc(F)c2)n(CCO)n1. The first-order valence-electron chi connectivity index (χ1n) is 6.26. The van der Waals surface area contributed by atoms with Crippen molar-refractivity contribution in [2.45, 2.75) is 19.4 Å². The normalized spacial score (nSPS) is 12.6. The quantitative estimate of drug-likeness (QED) is 0.857. The molecule has 0 saturated heterocycles. The fourth-order valence-electron chi connectivity index (χ4n) is 2.27. The molecule has 5 heteroatoms. The molecular formula is C14H18FN3O. The number of hydrogen-bond donors (Lipinski definition) is 2. The summed E-state index contributed by atoms with van der Waals surface area (Å²) in [6.45, 7) is 2.67. The van der Waals surface area contributed by atoms with E-state index in [1.807, 2.05) is 19.1 Å². The highest BCUT2D eigenvalue weighted by molar-refractivity contribution is 5.30. The molecule has 0 amide bonds. The second-order valence-corrected chi connectivity index (χ2v) is 4.50. The number of halogens is 1. The van der Waals surface area contributed by atoms with Crippen LogP contribution in [0.25, 0.3) is 0 Å². The Morgan fingerprint density at radius 3 is 2.84 bits per heavy atom. The third-order valence-corrected chi connectivity index (χ3v) is 3.09. The average Bonchev–Trinajstić information content (AvgIpc) is 2.72. The summed E-state index contributed by atoms with van der Waals surface area (Å²) in [4.78, 5) is 0. The van der Waals surface area contributed by atoms with Gasteiger partial charge in [-0.05, 0) is 30.7 Å². The minimum Gasteiger partial charge on any atom is -0.394 e. The third-order valence-electron chi connectivity index (χ3n) is 3.09. The van der Waals surface area contributed by atoms with Crippen LogP contribution in [0.3, 0.4) is 0 Å². The zero-order chi connectivity index (χ0) is 13.8. The molecule has 0 aliphatic heterocycles. The fourth-order valence-corrected chi connectivity index (χ4v) is 2.27. The van der Waals surface area contributed by atoms with Crippen molar-refractivity contribution in [3.8, 4) is 0 Å². The van der Waals surface area contributed by atoms with Crippen LogP contribution >= 0.6 is 0 Å². The Kier molecular flexibility index (Phi) is 4.29. The van der Waals surface area contributed by atoms with Crippen molar-refractivity contribution < 1.29 is 9.50 Å². The van der Waals surface area contributed by atoms with Crippen LogP contribution in [0, 0.1) is 12.7 Å². The maximum absolute atomic E-state index is 13.3. The minimum atomic E-state index is -0.277. The Hall–Kier alpha value is -1.72. The Balaban J connectivity index is 2.41. The van der Waals surface area contributed by atoms with Crippen LogP contribution in [0.1, 0.15) is 22.9 Å². The molecule has 0 fully saturated rings. The van der Waals surface area contributed by atoms with Crippen molar-refractivity contribution in [3.05, 3.63) is 53.1 Å². The van der Waals surface area contributed by atoms with Crippen molar-refractivity contribution >= 4 is 0 Å². The lowest BCUT2D eigenvalue weighted by atomic mass is 9.95. The highest BCUT2D eigenvalue weighted by atomic mass is 19.1. The summed E-state index contributed by atoms with van der Waals surface area (Å²) in [5, 5.41) is 13.4. The summed E-state index contributed by atoms with van der Waals surface area (Å²) < 4.78 is 15.1. The lowest BCUT2D eigenvalue weighted by Crippen LogP contribution is -2.19. The lowest BCUT2D eigenvalue weighted by Gasteiger charge is -2.17. The number of aryl methyl sites for hydroxylation is 1. The molecule has 0 saturated carbocycles.